The molecular formula is C12H16N2O. The Bertz CT molecular complexity index is 376. The standard InChI is InChI=1S/C12H16N2O/c1-9-6-10-4-2-3-5-11(10)14(7-9)8-12(13)15/h2-5,9H,6-8H2,1H3,(H2,13,15). The maximum atomic E-state index is 11.0. The molecule has 1 aromatic rings. The first kappa shape index (κ1) is 10.0. The number of anilines is 1. The molecule has 0 aliphatic carbocycles. The molecule has 0 saturated heterocycles. The Morgan fingerprint density at radius 2 is 2.27 bits per heavy atom. The Balaban J connectivity index is 2.29. The van der Waals surface area contributed by atoms with Gasteiger partial charge in [0.05, 0.1) is 6.54 Å². The van der Waals surface area contributed by atoms with E-state index in [2.05, 4.69) is 24.0 Å². The number of carbonyl (C=O) groups excluding carboxylic acids is 1. The fraction of sp³-hybridized carbons (Fsp3) is 0.417. The first-order valence-corrected chi connectivity index (χ1v) is 5.28. The second-order valence-electron chi connectivity index (χ2n) is 4.28. The molecule has 1 heterocycles. The van der Waals surface area contributed by atoms with Crippen LogP contribution in [0.5, 0.6) is 0 Å². The molecule has 0 bridgehead atoms. The molecule has 1 atom stereocenters. The molecule has 1 unspecified atom stereocenters. The van der Waals surface area contributed by atoms with Gasteiger partial charge in [0.15, 0.2) is 0 Å². The van der Waals surface area contributed by atoms with E-state index in [4.69, 9.17) is 5.73 Å². The highest BCUT2D eigenvalue weighted by atomic mass is 16.1. The molecule has 1 aromatic carbocycles. The van der Waals surface area contributed by atoms with Crippen LogP contribution < -0.4 is 10.6 Å². The zero-order valence-corrected chi connectivity index (χ0v) is 8.94. The van der Waals surface area contributed by atoms with Crippen LogP contribution in [0.3, 0.4) is 0 Å². The summed E-state index contributed by atoms with van der Waals surface area (Å²) in [6.07, 6.45) is 1.09. The molecule has 0 fully saturated rings. The van der Waals surface area contributed by atoms with Crippen molar-refractivity contribution in [2.45, 2.75) is 13.3 Å². The lowest BCUT2D eigenvalue weighted by Gasteiger charge is -2.33. The third kappa shape index (κ3) is 2.12. The van der Waals surface area contributed by atoms with Crippen LogP contribution >= 0.6 is 0 Å². The van der Waals surface area contributed by atoms with E-state index in [9.17, 15) is 4.79 Å². The quantitative estimate of drug-likeness (QED) is 0.786. The van der Waals surface area contributed by atoms with Crippen LogP contribution in [-0.4, -0.2) is 19.0 Å². The summed E-state index contributed by atoms with van der Waals surface area (Å²) in [4.78, 5) is 13.0. The average Bonchev–Trinajstić information content (AvgIpc) is 2.16. The zero-order chi connectivity index (χ0) is 10.8. The molecule has 0 aromatic heterocycles. The monoisotopic (exact) mass is 204 g/mol. The smallest absolute Gasteiger partial charge is 0.236 e. The molecule has 0 radical (unpaired) electrons. The predicted molar refractivity (Wildman–Crippen MR) is 60.7 cm³/mol. The molecule has 1 aliphatic rings. The number of fused-ring (bicyclic) bond motifs is 1. The third-order valence-electron chi connectivity index (χ3n) is 2.78. The third-order valence-corrected chi connectivity index (χ3v) is 2.78. The summed E-state index contributed by atoms with van der Waals surface area (Å²) < 4.78 is 0. The Morgan fingerprint density at radius 1 is 1.53 bits per heavy atom. The van der Waals surface area contributed by atoms with Crippen LogP contribution in [0.25, 0.3) is 0 Å². The summed E-state index contributed by atoms with van der Waals surface area (Å²) in [6.45, 7) is 3.44. The number of hydrogen-bond donors (Lipinski definition) is 1. The van der Waals surface area contributed by atoms with Crippen LogP contribution in [0, 0.1) is 5.92 Å². The SMILES string of the molecule is CC1Cc2ccccc2N(CC(N)=O)C1. The number of hydrogen-bond acceptors (Lipinski definition) is 2. The van der Waals surface area contributed by atoms with E-state index in [1.54, 1.807) is 0 Å². The van der Waals surface area contributed by atoms with E-state index >= 15 is 0 Å². The normalized spacial score (nSPS) is 19.8. The lowest BCUT2D eigenvalue weighted by Crippen LogP contribution is -2.40. The van der Waals surface area contributed by atoms with Gasteiger partial charge in [0.1, 0.15) is 0 Å². The minimum atomic E-state index is -0.265. The van der Waals surface area contributed by atoms with Crippen LogP contribution in [0.4, 0.5) is 5.69 Å². The average molecular weight is 204 g/mol. The number of carbonyl (C=O) groups is 1. The maximum absolute atomic E-state index is 11.0. The highest BCUT2D eigenvalue weighted by Crippen LogP contribution is 2.28. The molecule has 0 spiro atoms. The summed E-state index contributed by atoms with van der Waals surface area (Å²) in [7, 11) is 0. The van der Waals surface area contributed by atoms with E-state index in [1.165, 1.54) is 5.56 Å². The van der Waals surface area contributed by atoms with E-state index in [0.717, 1.165) is 18.7 Å². The van der Waals surface area contributed by atoms with Crippen LogP contribution in [-0.2, 0) is 11.2 Å². The van der Waals surface area contributed by atoms with Gasteiger partial charge in [-0.25, -0.2) is 0 Å². The van der Waals surface area contributed by atoms with Gasteiger partial charge in [0.25, 0.3) is 0 Å². The van der Waals surface area contributed by atoms with Crippen LogP contribution in [0.2, 0.25) is 0 Å². The van der Waals surface area contributed by atoms with Gasteiger partial charge in [-0.3, -0.25) is 4.79 Å². The molecule has 3 nitrogen and oxygen atoms in total. The molecule has 2 N–H and O–H groups in total. The number of benzene rings is 1. The molecule has 15 heavy (non-hydrogen) atoms. The zero-order valence-electron chi connectivity index (χ0n) is 8.94. The van der Waals surface area contributed by atoms with Crippen molar-refractivity contribution in [3.8, 4) is 0 Å². The lowest BCUT2D eigenvalue weighted by atomic mass is 9.94. The minimum Gasteiger partial charge on any atom is -0.368 e. The molecule has 3 heteroatoms. The van der Waals surface area contributed by atoms with E-state index in [-0.39, 0.29) is 5.91 Å². The van der Waals surface area contributed by atoms with Gasteiger partial charge in [-0.05, 0) is 24.0 Å². The van der Waals surface area contributed by atoms with Crippen molar-refractivity contribution < 1.29 is 4.79 Å². The van der Waals surface area contributed by atoms with Crippen molar-refractivity contribution in [2.75, 3.05) is 18.0 Å². The summed E-state index contributed by atoms with van der Waals surface area (Å²) in [6, 6.07) is 8.23. The second kappa shape index (κ2) is 3.93. The van der Waals surface area contributed by atoms with Gasteiger partial charge in [0, 0.05) is 12.2 Å². The maximum Gasteiger partial charge on any atom is 0.236 e. The fourth-order valence-electron chi connectivity index (χ4n) is 2.24. The summed E-state index contributed by atoms with van der Waals surface area (Å²) in [5, 5.41) is 0. The van der Waals surface area contributed by atoms with Crippen molar-refractivity contribution >= 4 is 11.6 Å². The van der Waals surface area contributed by atoms with Crippen LogP contribution in [0.1, 0.15) is 12.5 Å². The van der Waals surface area contributed by atoms with E-state index < -0.39 is 0 Å². The van der Waals surface area contributed by atoms with E-state index in [0.29, 0.717) is 12.5 Å². The van der Waals surface area contributed by atoms with Crippen molar-refractivity contribution in [2.24, 2.45) is 11.7 Å². The van der Waals surface area contributed by atoms with E-state index in [1.807, 2.05) is 12.1 Å². The van der Waals surface area contributed by atoms with Crippen molar-refractivity contribution in [3.63, 3.8) is 0 Å². The van der Waals surface area contributed by atoms with Crippen LogP contribution in [0.15, 0.2) is 24.3 Å². The highest BCUT2D eigenvalue weighted by molar-refractivity contribution is 5.80. The fourth-order valence-corrected chi connectivity index (χ4v) is 2.24. The lowest BCUT2D eigenvalue weighted by molar-refractivity contribution is -0.116. The van der Waals surface area contributed by atoms with Crippen molar-refractivity contribution in [1.82, 2.24) is 0 Å². The van der Waals surface area contributed by atoms with Crippen molar-refractivity contribution in [1.29, 1.82) is 0 Å². The highest BCUT2D eigenvalue weighted by Gasteiger charge is 2.21. The van der Waals surface area contributed by atoms with Gasteiger partial charge in [0.2, 0.25) is 5.91 Å². The number of primary amides is 1. The first-order chi connectivity index (χ1) is 7.16. The second-order valence-corrected chi connectivity index (χ2v) is 4.28. The molecule has 2 rings (SSSR count). The Labute approximate surface area is 89.9 Å². The Morgan fingerprint density at radius 3 is 3.00 bits per heavy atom. The summed E-state index contributed by atoms with van der Waals surface area (Å²) in [5.41, 5.74) is 7.72. The number of para-hydroxylation sites is 1. The minimum absolute atomic E-state index is 0.265. The van der Waals surface area contributed by atoms with Gasteiger partial charge in [-0.1, -0.05) is 25.1 Å². The molecule has 80 valence electrons. The number of nitrogens with two attached hydrogens (primary N) is 1. The van der Waals surface area contributed by atoms with Gasteiger partial charge >= 0.3 is 0 Å². The first-order valence-electron chi connectivity index (χ1n) is 5.28. The molecular weight excluding hydrogens is 188 g/mol. The van der Waals surface area contributed by atoms with Gasteiger partial charge in [-0.15, -0.1) is 0 Å². The van der Waals surface area contributed by atoms with Gasteiger partial charge < -0.3 is 10.6 Å². The largest absolute Gasteiger partial charge is 0.368 e. The molecule has 1 aliphatic heterocycles. The summed E-state index contributed by atoms with van der Waals surface area (Å²) in [5.74, 6) is 0.318. The Kier molecular flexibility index (Phi) is 2.62. The number of amides is 1. The Hall–Kier alpha value is -1.51. The van der Waals surface area contributed by atoms with Crippen molar-refractivity contribution in [3.05, 3.63) is 29.8 Å². The summed E-state index contributed by atoms with van der Waals surface area (Å²) >= 11 is 0. The molecule has 1 amide bonds. The molecule has 0 saturated carbocycles. The predicted octanol–water partition coefficient (Wildman–Crippen LogP) is 1.17. The topological polar surface area (TPSA) is 46.3 Å². The number of nitrogens with zero attached hydrogens (tertiary/aromatic N) is 1. The van der Waals surface area contributed by atoms with Gasteiger partial charge in [-0.2, -0.15) is 0 Å². The number of rotatable bonds is 2.